The lowest BCUT2D eigenvalue weighted by atomic mass is 10.2. The summed E-state index contributed by atoms with van der Waals surface area (Å²) in [6.07, 6.45) is 0.486. The van der Waals surface area contributed by atoms with Crippen molar-refractivity contribution in [1.82, 2.24) is 0 Å². The van der Waals surface area contributed by atoms with E-state index in [9.17, 15) is 8.42 Å². The Labute approximate surface area is 137 Å². The molecule has 0 fully saturated rings. The molecule has 0 radical (unpaired) electrons. The molecule has 0 aromatic heterocycles. The molecule has 0 spiro atoms. The highest BCUT2D eigenvalue weighted by atomic mass is 127. The van der Waals surface area contributed by atoms with Gasteiger partial charge in [-0.2, -0.15) is 0 Å². The first-order chi connectivity index (χ1) is 9.46. The van der Waals surface area contributed by atoms with E-state index >= 15 is 0 Å². The minimum Gasteiger partial charge on any atom is -0.282 e. The predicted molar refractivity (Wildman–Crippen MR) is 91.7 cm³/mol. The number of hydrogen-bond acceptors (Lipinski definition) is 2. The number of anilines is 1. The van der Waals surface area contributed by atoms with Crippen LogP contribution in [0.1, 0.15) is 5.56 Å². The van der Waals surface area contributed by atoms with E-state index in [1.165, 1.54) is 0 Å². The van der Waals surface area contributed by atoms with Crippen LogP contribution < -0.4 is 4.72 Å². The van der Waals surface area contributed by atoms with Gasteiger partial charge in [0, 0.05) is 8.59 Å². The largest absolute Gasteiger partial charge is 0.282 e. The molecular weight excluding hydrogens is 409 g/mol. The first kappa shape index (κ1) is 15.6. The SMILES string of the molecule is O=S(=O)(CCc1ccccc1)Nc1ccc(Cl)cc1I. The second-order valence-electron chi connectivity index (χ2n) is 4.28. The molecule has 0 saturated carbocycles. The molecule has 0 amide bonds. The molecule has 6 heteroatoms. The van der Waals surface area contributed by atoms with Gasteiger partial charge in [0.2, 0.25) is 10.0 Å². The minimum atomic E-state index is -3.37. The van der Waals surface area contributed by atoms with E-state index in [1.54, 1.807) is 18.2 Å². The Morgan fingerprint density at radius 3 is 2.45 bits per heavy atom. The van der Waals surface area contributed by atoms with Crippen molar-refractivity contribution in [1.29, 1.82) is 0 Å². The van der Waals surface area contributed by atoms with Crippen molar-refractivity contribution in [3.8, 4) is 0 Å². The molecule has 0 aliphatic rings. The van der Waals surface area contributed by atoms with Crippen LogP contribution in [0.5, 0.6) is 0 Å². The molecule has 20 heavy (non-hydrogen) atoms. The average Bonchev–Trinajstić information content (AvgIpc) is 2.41. The summed E-state index contributed by atoms with van der Waals surface area (Å²) in [5, 5.41) is 0.585. The third kappa shape index (κ3) is 4.64. The van der Waals surface area contributed by atoms with E-state index in [2.05, 4.69) is 27.3 Å². The van der Waals surface area contributed by atoms with Crippen LogP contribution in [0.4, 0.5) is 5.69 Å². The van der Waals surface area contributed by atoms with Crippen molar-refractivity contribution in [3.05, 3.63) is 62.7 Å². The number of sulfonamides is 1. The zero-order chi connectivity index (χ0) is 14.6. The zero-order valence-corrected chi connectivity index (χ0v) is 14.2. The number of hydrogen-bond donors (Lipinski definition) is 1. The third-order valence-corrected chi connectivity index (χ3v) is 5.10. The van der Waals surface area contributed by atoms with E-state index < -0.39 is 10.0 Å². The number of halogens is 2. The topological polar surface area (TPSA) is 46.2 Å². The molecule has 1 N–H and O–H groups in total. The van der Waals surface area contributed by atoms with Gasteiger partial charge in [0.1, 0.15) is 0 Å². The van der Waals surface area contributed by atoms with Crippen LogP contribution >= 0.6 is 34.2 Å². The van der Waals surface area contributed by atoms with Crippen LogP contribution in [0.15, 0.2) is 48.5 Å². The van der Waals surface area contributed by atoms with Gasteiger partial charge in [-0.15, -0.1) is 0 Å². The smallest absolute Gasteiger partial charge is 0.233 e. The van der Waals surface area contributed by atoms with Crippen molar-refractivity contribution in [2.75, 3.05) is 10.5 Å². The minimum absolute atomic E-state index is 0.0513. The normalized spacial score (nSPS) is 11.3. The summed E-state index contributed by atoms with van der Waals surface area (Å²) >= 11 is 7.90. The Hall–Kier alpha value is -0.790. The van der Waals surface area contributed by atoms with Gasteiger partial charge in [0.25, 0.3) is 0 Å². The van der Waals surface area contributed by atoms with Crippen LogP contribution in [0.3, 0.4) is 0 Å². The highest BCUT2D eigenvalue weighted by Crippen LogP contribution is 2.23. The molecular formula is C14H13ClINO2S. The van der Waals surface area contributed by atoms with Crippen molar-refractivity contribution in [2.24, 2.45) is 0 Å². The monoisotopic (exact) mass is 421 g/mol. The quantitative estimate of drug-likeness (QED) is 0.744. The summed E-state index contributed by atoms with van der Waals surface area (Å²) < 4.78 is 27.5. The van der Waals surface area contributed by atoms with Crippen LogP contribution in [-0.4, -0.2) is 14.2 Å². The lowest BCUT2D eigenvalue weighted by Gasteiger charge is -2.10. The fraction of sp³-hybridized carbons (Fsp3) is 0.143. The van der Waals surface area contributed by atoms with Crippen LogP contribution in [0.2, 0.25) is 5.02 Å². The Morgan fingerprint density at radius 1 is 1.10 bits per heavy atom. The van der Waals surface area contributed by atoms with Gasteiger partial charge < -0.3 is 0 Å². The van der Waals surface area contributed by atoms with Gasteiger partial charge in [0.15, 0.2) is 0 Å². The Balaban J connectivity index is 2.04. The van der Waals surface area contributed by atoms with Gasteiger partial charge >= 0.3 is 0 Å². The molecule has 0 saturated heterocycles. The Morgan fingerprint density at radius 2 is 1.80 bits per heavy atom. The van der Waals surface area contributed by atoms with Gasteiger partial charge in [-0.05, 0) is 52.8 Å². The first-order valence-electron chi connectivity index (χ1n) is 5.96. The molecule has 2 rings (SSSR count). The number of benzene rings is 2. The molecule has 106 valence electrons. The second-order valence-corrected chi connectivity index (χ2v) is 7.72. The standard InChI is InChI=1S/C14H13ClINO2S/c15-12-6-7-14(13(16)10-12)17-20(18,19)9-8-11-4-2-1-3-5-11/h1-7,10,17H,8-9H2. The summed E-state index contributed by atoms with van der Waals surface area (Å²) in [5.41, 5.74) is 1.56. The van der Waals surface area contributed by atoms with Crippen molar-refractivity contribution in [2.45, 2.75) is 6.42 Å². The van der Waals surface area contributed by atoms with E-state index in [4.69, 9.17) is 11.6 Å². The average molecular weight is 422 g/mol. The molecule has 2 aromatic rings. The molecule has 3 nitrogen and oxygen atoms in total. The van der Waals surface area contributed by atoms with E-state index in [-0.39, 0.29) is 5.75 Å². The summed E-state index contributed by atoms with van der Waals surface area (Å²) in [6.45, 7) is 0. The zero-order valence-electron chi connectivity index (χ0n) is 10.5. The molecule has 0 atom stereocenters. The van der Waals surface area contributed by atoms with Crippen molar-refractivity contribution in [3.63, 3.8) is 0 Å². The number of rotatable bonds is 5. The maximum absolute atomic E-state index is 12.1. The van der Waals surface area contributed by atoms with E-state index in [0.717, 1.165) is 9.13 Å². The van der Waals surface area contributed by atoms with Crippen LogP contribution in [-0.2, 0) is 16.4 Å². The molecule has 0 aliphatic carbocycles. The van der Waals surface area contributed by atoms with E-state index in [1.807, 2.05) is 30.3 Å². The fourth-order valence-corrected chi connectivity index (χ4v) is 4.00. The first-order valence-corrected chi connectivity index (χ1v) is 9.07. The highest BCUT2D eigenvalue weighted by molar-refractivity contribution is 14.1. The summed E-state index contributed by atoms with van der Waals surface area (Å²) in [7, 11) is -3.37. The van der Waals surface area contributed by atoms with Crippen molar-refractivity contribution >= 4 is 49.9 Å². The molecule has 0 aliphatic heterocycles. The molecule has 2 aromatic carbocycles. The lowest BCUT2D eigenvalue weighted by Crippen LogP contribution is -2.18. The Bertz CT molecular complexity index is 690. The highest BCUT2D eigenvalue weighted by Gasteiger charge is 2.12. The summed E-state index contributed by atoms with van der Waals surface area (Å²) in [5.74, 6) is 0.0513. The molecule has 0 bridgehead atoms. The number of nitrogens with one attached hydrogen (secondary N) is 1. The summed E-state index contributed by atoms with van der Waals surface area (Å²) in [6, 6.07) is 14.6. The van der Waals surface area contributed by atoms with Gasteiger partial charge in [-0.3, -0.25) is 4.72 Å². The van der Waals surface area contributed by atoms with E-state index in [0.29, 0.717) is 17.1 Å². The second kappa shape index (κ2) is 6.78. The Kier molecular flexibility index (Phi) is 5.29. The maximum Gasteiger partial charge on any atom is 0.233 e. The third-order valence-electron chi connectivity index (χ3n) is 2.70. The van der Waals surface area contributed by atoms with Gasteiger partial charge in [-0.25, -0.2) is 8.42 Å². The van der Waals surface area contributed by atoms with Gasteiger partial charge in [-0.1, -0.05) is 41.9 Å². The molecule has 0 heterocycles. The fourth-order valence-electron chi connectivity index (χ4n) is 1.69. The number of aryl methyl sites for hydroxylation is 1. The van der Waals surface area contributed by atoms with Crippen molar-refractivity contribution < 1.29 is 8.42 Å². The predicted octanol–water partition coefficient (Wildman–Crippen LogP) is 3.93. The molecule has 0 unspecified atom stereocenters. The maximum atomic E-state index is 12.1. The lowest BCUT2D eigenvalue weighted by molar-refractivity contribution is 0.600. The summed E-state index contributed by atoms with van der Waals surface area (Å²) in [4.78, 5) is 0. The van der Waals surface area contributed by atoms with Gasteiger partial charge in [0.05, 0.1) is 11.4 Å². The van der Waals surface area contributed by atoms with Crippen LogP contribution in [0.25, 0.3) is 0 Å². The van der Waals surface area contributed by atoms with Crippen LogP contribution in [0, 0.1) is 3.57 Å².